The van der Waals surface area contributed by atoms with Crippen molar-refractivity contribution in [1.82, 2.24) is 4.90 Å². The Hall–Kier alpha value is -2.04. The number of hydrogen-bond acceptors (Lipinski definition) is 3. The summed E-state index contributed by atoms with van der Waals surface area (Å²) in [5, 5.41) is 18.2. The third-order valence-electron chi connectivity index (χ3n) is 2.16. The molecule has 0 atom stereocenters. The molecule has 0 bridgehead atoms. The standard InChI is InChI=1S/C11H13NO4/c1-12(2)10(14)6-7-5-8(13)3-4-9(7)11(15)16/h3-5,13H,6H2,1-2H3,(H,15,16). The zero-order chi connectivity index (χ0) is 12.3. The zero-order valence-corrected chi connectivity index (χ0v) is 9.10. The van der Waals surface area contributed by atoms with Crippen LogP contribution in [0.5, 0.6) is 5.75 Å². The van der Waals surface area contributed by atoms with Gasteiger partial charge in [0.2, 0.25) is 5.91 Å². The van der Waals surface area contributed by atoms with Gasteiger partial charge in [-0.15, -0.1) is 0 Å². The van der Waals surface area contributed by atoms with E-state index in [9.17, 15) is 14.7 Å². The number of aromatic hydroxyl groups is 1. The van der Waals surface area contributed by atoms with Crippen LogP contribution in [0.15, 0.2) is 18.2 Å². The smallest absolute Gasteiger partial charge is 0.335 e. The van der Waals surface area contributed by atoms with Gasteiger partial charge in [0.05, 0.1) is 12.0 Å². The number of amides is 1. The van der Waals surface area contributed by atoms with Crippen LogP contribution < -0.4 is 0 Å². The van der Waals surface area contributed by atoms with E-state index in [1.54, 1.807) is 14.1 Å². The molecule has 0 aliphatic rings. The Balaban J connectivity index is 3.06. The van der Waals surface area contributed by atoms with Crippen molar-refractivity contribution in [3.63, 3.8) is 0 Å². The van der Waals surface area contributed by atoms with Gasteiger partial charge in [0, 0.05) is 14.1 Å². The number of nitrogens with zero attached hydrogens (tertiary/aromatic N) is 1. The number of carbonyl (C=O) groups is 2. The number of rotatable bonds is 3. The second-order valence-electron chi connectivity index (χ2n) is 3.61. The number of carboxylic acids is 1. The summed E-state index contributed by atoms with van der Waals surface area (Å²) in [4.78, 5) is 23.7. The van der Waals surface area contributed by atoms with Crippen molar-refractivity contribution in [2.45, 2.75) is 6.42 Å². The first-order valence-corrected chi connectivity index (χ1v) is 4.67. The van der Waals surface area contributed by atoms with Gasteiger partial charge >= 0.3 is 5.97 Å². The molecule has 0 heterocycles. The molecule has 0 aliphatic heterocycles. The highest BCUT2D eigenvalue weighted by atomic mass is 16.4. The molecule has 0 saturated heterocycles. The molecule has 2 N–H and O–H groups in total. The molecule has 0 aliphatic carbocycles. The summed E-state index contributed by atoms with van der Waals surface area (Å²) < 4.78 is 0. The van der Waals surface area contributed by atoms with Gasteiger partial charge in [0.25, 0.3) is 0 Å². The highest BCUT2D eigenvalue weighted by Gasteiger charge is 2.14. The average Bonchev–Trinajstić information content (AvgIpc) is 2.16. The van der Waals surface area contributed by atoms with Crippen LogP contribution in [0.3, 0.4) is 0 Å². The van der Waals surface area contributed by atoms with E-state index in [4.69, 9.17) is 5.11 Å². The van der Waals surface area contributed by atoms with Crippen molar-refractivity contribution >= 4 is 11.9 Å². The molecule has 0 spiro atoms. The van der Waals surface area contributed by atoms with Crippen LogP contribution in [0, 0.1) is 0 Å². The second-order valence-corrected chi connectivity index (χ2v) is 3.61. The van der Waals surface area contributed by atoms with Gasteiger partial charge in [-0.1, -0.05) is 0 Å². The van der Waals surface area contributed by atoms with Gasteiger partial charge in [0.1, 0.15) is 5.75 Å². The minimum Gasteiger partial charge on any atom is -0.508 e. The topological polar surface area (TPSA) is 77.8 Å². The van der Waals surface area contributed by atoms with E-state index in [0.717, 1.165) is 0 Å². The average molecular weight is 223 g/mol. The molecule has 1 aromatic carbocycles. The lowest BCUT2D eigenvalue weighted by atomic mass is 10.0. The maximum Gasteiger partial charge on any atom is 0.335 e. The second kappa shape index (κ2) is 4.65. The number of carbonyl (C=O) groups excluding carboxylic acids is 1. The lowest BCUT2D eigenvalue weighted by Crippen LogP contribution is -2.24. The largest absolute Gasteiger partial charge is 0.508 e. The Labute approximate surface area is 92.9 Å². The Kier molecular flexibility index (Phi) is 3.50. The molecule has 1 amide bonds. The molecule has 86 valence electrons. The maximum atomic E-state index is 11.4. The van der Waals surface area contributed by atoms with Crippen LogP contribution in [0.2, 0.25) is 0 Å². The first-order valence-electron chi connectivity index (χ1n) is 4.67. The van der Waals surface area contributed by atoms with Crippen molar-refractivity contribution in [3.8, 4) is 5.75 Å². The fourth-order valence-corrected chi connectivity index (χ4v) is 1.26. The number of phenols is 1. The summed E-state index contributed by atoms with van der Waals surface area (Å²) in [5.74, 6) is -1.37. The molecule has 5 nitrogen and oxygen atoms in total. The first kappa shape index (κ1) is 12.0. The SMILES string of the molecule is CN(C)C(=O)Cc1cc(O)ccc1C(=O)O. The predicted octanol–water partition coefficient (Wildman–Crippen LogP) is 0.721. The number of phenolic OH excluding ortho intramolecular Hbond substituents is 1. The van der Waals surface area contributed by atoms with Crippen LogP contribution in [-0.2, 0) is 11.2 Å². The van der Waals surface area contributed by atoms with Crippen molar-refractivity contribution in [2.24, 2.45) is 0 Å². The summed E-state index contributed by atoms with van der Waals surface area (Å²) in [6, 6.07) is 3.87. The van der Waals surface area contributed by atoms with Crippen LogP contribution in [0.25, 0.3) is 0 Å². The fourth-order valence-electron chi connectivity index (χ4n) is 1.26. The monoisotopic (exact) mass is 223 g/mol. The summed E-state index contributed by atoms with van der Waals surface area (Å²) >= 11 is 0. The third-order valence-corrected chi connectivity index (χ3v) is 2.16. The Morgan fingerprint density at radius 2 is 1.94 bits per heavy atom. The maximum absolute atomic E-state index is 11.4. The van der Waals surface area contributed by atoms with E-state index in [2.05, 4.69) is 0 Å². The molecule has 1 rings (SSSR count). The van der Waals surface area contributed by atoms with Crippen LogP contribution in [-0.4, -0.2) is 41.1 Å². The van der Waals surface area contributed by atoms with E-state index in [1.807, 2.05) is 0 Å². The van der Waals surface area contributed by atoms with Crippen molar-refractivity contribution < 1.29 is 19.8 Å². The molecule has 0 saturated carbocycles. The Morgan fingerprint density at radius 3 is 2.44 bits per heavy atom. The summed E-state index contributed by atoms with van der Waals surface area (Å²) in [5.41, 5.74) is 0.346. The molecule has 0 aromatic heterocycles. The minimum atomic E-state index is -1.11. The fraction of sp³-hybridized carbons (Fsp3) is 0.273. The third kappa shape index (κ3) is 2.73. The summed E-state index contributed by atoms with van der Waals surface area (Å²) in [6.45, 7) is 0. The quantitative estimate of drug-likeness (QED) is 0.791. The predicted molar refractivity (Wildman–Crippen MR) is 57.5 cm³/mol. The van der Waals surface area contributed by atoms with Gasteiger partial charge in [0.15, 0.2) is 0 Å². The molecule has 0 fully saturated rings. The number of hydrogen-bond donors (Lipinski definition) is 2. The van der Waals surface area contributed by atoms with Gasteiger partial charge < -0.3 is 15.1 Å². The molecular formula is C11H13NO4. The molecule has 16 heavy (non-hydrogen) atoms. The molecule has 0 unspecified atom stereocenters. The molecule has 5 heteroatoms. The molecule has 1 aromatic rings. The van der Waals surface area contributed by atoms with E-state index in [1.165, 1.54) is 23.1 Å². The number of benzene rings is 1. The minimum absolute atomic E-state index is 0.0352. The number of aromatic carboxylic acids is 1. The van der Waals surface area contributed by atoms with Gasteiger partial charge in [-0.3, -0.25) is 4.79 Å². The normalized spacial score (nSPS) is 9.88. The Bertz CT molecular complexity index is 426. The van der Waals surface area contributed by atoms with Gasteiger partial charge in [-0.05, 0) is 23.8 Å². The van der Waals surface area contributed by atoms with Crippen molar-refractivity contribution in [1.29, 1.82) is 0 Å². The van der Waals surface area contributed by atoms with Gasteiger partial charge in [-0.2, -0.15) is 0 Å². The molecular weight excluding hydrogens is 210 g/mol. The summed E-state index contributed by atoms with van der Waals surface area (Å²) in [6.07, 6.45) is -0.0387. The first-order chi connectivity index (χ1) is 7.41. The van der Waals surface area contributed by atoms with E-state index in [0.29, 0.717) is 5.56 Å². The van der Waals surface area contributed by atoms with Crippen molar-refractivity contribution in [2.75, 3.05) is 14.1 Å². The molecule has 0 radical (unpaired) electrons. The van der Waals surface area contributed by atoms with Gasteiger partial charge in [-0.25, -0.2) is 4.79 Å². The van der Waals surface area contributed by atoms with Crippen LogP contribution in [0.1, 0.15) is 15.9 Å². The lowest BCUT2D eigenvalue weighted by Gasteiger charge is -2.11. The van der Waals surface area contributed by atoms with E-state index in [-0.39, 0.29) is 23.6 Å². The number of carboxylic acid groups (broad SMARTS) is 1. The highest BCUT2D eigenvalue weighted by Crippen LogP contribution is 2.17. The summed E-state index contributed by atoms with van der Waals surface area (Å²) in [7, 11) is 3.18. The zero-order valence-electron chi connectivity index (χ0n) is 9.10. The number of likely N-dealkylation sites (N-methyl/N-ethyl adjacent to an activating group) is 1. The Morgan fingerprint density at radius 1 is 1.31 bits per heavy atom. The highest BCUT2D eigenvalue weighted by molar-refractivity contribution is 5.91. The van der Waals surface area contributed by atoms with E-state index < -0.39 is 5.97 Å². The van der Waals surface area contributed by atoms with Crippen LogP contribution >= 0.6 is 0 Å². The van der Waals surface area contributed by atoms with Crippen LogP contribution in [0.4, 0.5) is 0 Å². The van der Waals surface area contributed by atoms with Crippen molar-refractivity contribution in [3.05, 3.63) is 29.3 Å². The van der Waals surface area contributed by atoms with E-state index >= 15 is 0 Å². The lowest BCUT2D eigenvalue weighted by molar-refractivity contribution is -0.127.